The van der Waals surface area contributed by atoms with Crippen molar-refractivity contribution in [1.82, 2.24) is 10.4 Å². The summed E-state index contributed by atoms with van der Waals surface area (Å²) in [6.07, 6.45) is 4.59. The predicted octanol–water partition coefficient (Wildman–Crippen LogP) is 3.40. The number of pyridine rings is 1. The molecule has 0 saturated carbocycles. The van der Waals surface area contributed by atoms with Crippen LogP contribution >= 0.6 is 11.6 Å². The molecule has 10 heteroatoms. The van der Waals surface area contributed by atoms with Gasteiger partial charge in [0.15, 0.2) is 0 Å². The average Bonchev–Trinajstić information content (AvgIpc) is 2.78. The molecule has 2 aromatic carbocycles. The highest BCUT2D eigenvalue weighted by molar-refractivity contribution is 7.92. The highest BCUT2D eigenvalue weighted by atomic mass is 35.5. The largest absolute Gasteiger partial charge is 0.495 e. The van der Waals surface area contributed by atoms with E-state index in [4.69, 9.17) is 16.3 Å². The van der Waals surface area contributed by atoms with Crippen LogP contribution in [0.1, 0.15) is 11.1 Å². The normalized spacial score (nSPS) is 11.3. The predicted molar refractivity (Wildman–Crippen MR) is 124 cm³/mol. The van der Waals surface area contributed by atoms with E-state index in [0.717, 1.165) is 9.87 Å². The number of ether oxygens (including phenoxy) is 1. The van der Waals surface area contributed by atoms with Gasteiger partial charge >= 0.3 is 0 Å². The minimum Gasteiger partial charge on any atom is -0.495 e. The third kappa shape index (κ3) is 5.63. The van der Waals surface area contributed by atoms with Crippen molar-refractivity contribution >= 4 is 39.4 Å². The molecule has 0 radical (unpaired) electrons. The summed E-state index contributed by atoms with van der Waals surface area (Å²) < 4.78 is 33.2. The van der Waals surface area contributed by atoms with Gasteiger partial charge in [-0.1, -0.05) is 35.4 Å². The summed E-state index contributed by atoms with van der Waals surface area (Å²) in [6.45, 7) is 1.30. The zero-order valence-corrected chi connectivity index (χ0v) is 19.0. The molecule has 0 unspecified atom stereocenters. The molecule has 1 heterocycles. The molecule has 0 aliphatic heterocycles. The van der Waals surface area contributed by atoms with Crippen LogP contribution in [-0.4, -0.2) is 39.2 Å². The molecule has 0 aliphatic carbocycles. The number of methoxy groups -OCH3 is 1. The Morgan fingerprint density at radius 3 is 2.62 bits per heavy atom. The van der Waals surface area contributed by atoms with Crippen LogP contribution in [0.4, 0.5) is 5.69 Å². The topological polar surface area (TPSA) is 101 Å². The molecule has 0 saturated heterocycles. The molecular weight excluding hydrogens is 452 g/mol. The first-order chi connectivity index (χ1) is 15.3. The van der Waals surface area contributed by atoms with Crippen molar-refractivity contribution in [2.45, 2.75) is 11.8 Å². The standard InChI is InChI=1S/C22H21ClN4O4S/c1-16-5-8-19(9-6-16)32(29,30)27(20-12-18(23)7-10-21(20)31-2)15-22(28)26-25-14-17-4-3-11-24-13-17/h3-14H,15H2,1-2H3,(H,26,28)/b25-14-. The van der Waals surface area contributed by atoms with Crippen LogP contribution in [0.3, 0.4) is 0 Å². The first kappa shape index (κ1) is 23.2. The number of anilines is 1. The molecule has 0 atom stereocenters. The number of nitrogens with zero attached hydrogens (tertiary/aromatic N) is 3. The van der Waals surface area contributed by atoms with Crippen molar-refractivity contribution in [3.05, 3.63) is 83.1 Å². The molecule has 0 bridgehead atoms. The van der Waals surface area contributed by atoms with Gasteiger partial charge in [-0.3, -0.25) is 14.1 Å². The monoisotopic (exact) mass is 472 g/mol. The molecule has 1 N–H and O–H groups in total. The van der Waals surface area contributed by atoms with Gasteiger partial charge in [-0.05, 0) is 43.3 Å². The van der Waals surface area contributed by atoms with E-state index in [2.05, 4.69) is 15.5 Å². The Morgan fingerprint density at radius 2 is 1.97 bits per heavy atom. The summed E-state index contributed by atoms with van der Waals surface area (Å²) >= 11 is 6.12. The Morgan fingerprint density at radius 1 is 1.22 bits per heavy atom. The van der Waals surface area contributed by atoms with Gasteiger partial charge in [-0.15, -0.1) is 0 Å². The lowest BCUT2D eigenvalue weighted by atomic mass is 10.2. The van der Waals surface area contributed by atoms with Crippen molar-refractivity contribution in [3.63, 3.8) is 0 Å². The van der Waals surface area contributed by atoms with Crippen LogP contribution in [0.5, 0.6) is 5.75 Å². The van der Waals surface area contributed by atoms with Gasteiger partial charge in [0, 0.05) is 23.0 Å². The van der Waals surface area contributed by atoms with E-state index in [0.29, 0.717) is 10.6 Å². The number of hydrazone groups is 1. The molecule has 1 amide bonds. The summed E-state index contributed by atoms with van der Waals surface area (Å²) in [5, 5.41) is 4.16. The van der Waals surface area contributed by atoms with E-state index in [1.165, 1.54) is 37.6 Å². The van der Waals surface area contributed by atoms with Crippen LogP contribution < -0.4 is 14.5 Å². The minimum atomic E-state index is -4.12. The molecule has 3 rings (SSSR count). The number of benzene rings is 2. The number of carbonyl (C=O) groups excluding carboxylic acids is 1. The summed E-state index contributed by atoms with van der Waals surface area (Å²) in [4.78, 5) is 16.6. The first-order valence-electron chi connectivity index (χ1n) is 9.46. The number of rotatable bonds is 8. The van der Waals surface area contributed by atoms with E-state index in [1.807, 2.05) is 6.92 Å². The number of sulfonamides is 1. The van der Waals surface area contributed by atoms with Gasteiger partial charge in [-0.2, -0.15) is 5.10 Å². The molecule has 32 heavy (non-hydrogen) atoms. The highest BCUT2D eigenvalue weighted by Gasteiger charge is 2.29. The molecule has 8 nitrogen and oxygen atoms in total. The Kier molecular flexibility index (Phi) is 7.45. The van der Waals surface area contributed by atoms with E-state index in [9.17, 15) is 13.2 Å². The first-order valence-corrected chi connectivity index (χ1v) is 11.3. The van der Waals surface area contributed by atoms with E-state index in [-0.39, 0.29) is 16.3 Å². The Balaban J connectivity index is 1.94. The second-order valence-electron chi connectivity index (χ2n) is 6.72. The molecule has 1 aromatic heterocycles. The lowest BCUT2D eigenvalue weighted by Gasteiger charge is -2.25. The highest BCUT2D eigenvalue weighted by Crippen LogP contribution is 2.34. The minimum absolute atomic E-state index is 0.0248. The van der Waals surface area contributed by atoms with Gasteiger partial charge in [-0.25, -0.2) is 13.8 Å². The fourth-order valence-corrected chi connectivity index (χ4v) is 4.38. The summed E-state index contributed by atoms with van der Waals surface area (Å²) in [7, 11) is -2.72. The number of carbonyl (C=O) groups is 1. The van der Waals surface area contributed by atoms with E-state index >= 15 is 0 Å². The van der Waals surface area contributed by atoms with Crippen LogP contribution in [0.2, 0.25) is 5.02 Å². The zero-order chi connectivity index (χ0) is 23.1. The Labute approximate surface area is 191 Å². The van der Waals surface area contributed by atoms with Crippen molar-refractivity contribution in [1.29, 1.82) is 0 Å². The maximum atomic E-state index is 13.5. The quantitative estimate of drug-likeness (QED) is 0.400. The van der Waals surface area contributed by atoms with Gasteiger partial charge in [0.25, 0.3) is 15.9 Å². The lowest BCUT2D eigenvalue weighted by molar-refractivity contribution is -0.119. The second kappa shape index (κ2) is 10.3. The summed E-state index contributed by atoms with van der Waals surface area (Å²) in [5.74, 6) is -0.403. The average molecular weight is 473 g/mol. The van der Waals surface area contributed by atoms with E-state index < -0.39 is 22.5 Å². The number of aryl methyl sites for hydroxylation is 1. The fraction of sp³-hybridized carbons (Fsp3) is 0.136. The van der Waals surface area contributed by atoms with Crippen molar-refractivity contribution in [3.8, 4) is 5.75 Å². The van der Waals surface area contributed by atoms with E-state index in [1.54, 1.807) is 42.7 Å². The number of hydrogen-bond acceptors (Lipinski definition) is 6. The Hall–Kier alpha value is -3.43. The molecule has 3 aromatic rings. The molecule has 0 aliphatic rings. The summed E-state index contributed by atoms with van der Waals surface area (Å²) in [6, 6.07) is 14.3. The number of amides is 1. The van der Waals surface area contributed by atoms with Gasteiger partial charge in [0.2, 0.25) is 0 Å². The third-order valence-electron chi connectivity index (χ3n) is 4.39. The Bertz CT molecular complexity index is 1220. The van der Waals surface area contributed by atoms with Crippen LogP contribution in [0.15, 0.2) is 77.0 Å². The third-order valence-corrected chi connectivity index (χ3v) is 6.40. The fourth-order valence-electron chi connectivity index (χ4n) is 2.79. The molecule has 0 fully saturated rings. The maximum Gasteiger partial charge on any atom is 0.264 e. The molecular formula is C22H21ClN4O4S. The lowest BCUT2D eigenvalue weighted by Crippen LogP contribution is -2.39. The van der Waals surface area contributed by atoms with Crippen LogP contribution in [0, 0.1) is 6.92 Å². The SMILES string of the molecule is COc1ccc(Cl)cc1N(CC(=O)N/N=C\c1cccnc1)S(=O)(=O)c1ccc(C)cc1. The van der Waals surface area contributed by atoms with Gasteiger partial charge < -0.3 is 4.74 Å². The van der Waals surface area contributed by atoms with Crippen molar-refractivity contribution in [2.24, 2.45) is 5.10 Å². The van der Waals surface area contributed by atoms with Crippen LogP contribution in [-0.2, 0) is 14.8 Å². The number of nitrogens with one attached hydrogen (secondary N) is 1. The van der Waals surface area contributed by atoms with Crippen molar-refractivity contribution < 1.29 is 17.9 Å². The number of halogens is 1. The van der Waals surface area contributed by atoms with Crippen LogP contribution in [0.25, 0.3) is 0 Å². The summed E-state index contributed by atoms with van der Waals surface area (Å²) in [5.41, 5.74) is 4.05. The second-order valence-corrected chi connectivity index (χ2v) is 9.02. The zero-order valence-electron chi connectivity index (χ0n) is 17.4. The maximum absolute atomic E-state index is 13.5. The van der Waals surface area contributed by atoms with Gasteiger partial charge in [0.1, 0.15) is 12.3 Å². The van der Waals surface area contributed by atoms with Gasteiger partial charge in [0.05, 0.1) is 23.9 Å². The van der Waals surface area contributed by atoms with Crippen molar-refractivity contribution in [2.75, 3.05) is 18.0 Å². The molecule has 166 valence electrons. The molecule has 0 spiro atoms. The smallest absolute Gasteiger partial charge is 0.264 e. The number of aromatic nitrogens is 1. The number of hydrogen-bond donors (Lipinski definition) is 1.